The molecule has 23 heteroatoms. The maximum absolute atomic E-state index is 16.0. The number of benzene rings is 1. The first-order valence-electron chi connectivity index (χ1n) is 14.2. The Labute approximate surface area is 274 Å². The first kappa shape index (κ1) is 33.4. The van der Waals surface area contributed by atoms with Gasteiger partial charge in [-0.05, 0) is 5.56 Å². The monoisotopic (exact) mass is 733 g/mol. The van der Waals surface area contributed by atoms with Crippen molar-refractivity contribution in [2.75, 3.05) is 18.9 Å². The smallest absolute Gasteiger partial charge is 0.382 e. The van der Waals surface area contributed by atoms with Crippen molar-refractivity contribution in [3.8, 4) is 0 Å². The number of amides is 2. The van der Waals surface area contributed by atoms with Crippen LogP contribution in [-0.4, -0.2) is 103 Å². The van der Waals surface area contributed by atoms with E-state index in [1.54, 1.807) is 30.3 Å². The Morgan fingerprint density at radius 2 is 1.71 bits per heavy atom. The van der Waals surface area contributed by atoms with Gasteiger partial charge >= 0.3 is 20.7 Å². The number of aliphatic hydroxyl groups is 1. The number of aromatic nitrogens is 4. The van der Waals surface area contributed by atoms with E-state index >= 15 is 8.78 Å². The number of carbonyl (C=O) groups excluding carboxylic acids is 1. The Morgan fingerprint density at radius 3 is 2.48 bits per heavy atom. The van der Waals surface area contributed by atoms with Crippen LogP contribution in [0.2, 0.25) is 0 Å². The Balaban J connectivity index is 1.18. The zero-order valence-electron chi connectivity index (χ0n) is 24.2. The van der Waals surface area contributed by atoms with E-state index in [-0.39, 0.29) is 22.6 Å². The number of fused-ring (bicyclic) bond motifs is 4. The van der Waals surface area contributed by atoms with Crippen molar-refractivity contribution in [3.63, 3.8) is 0 Å². The SMILES string of the molecule is Nc1ncnc2c1ncn2[C@@H]1OC2COP(=O)(O)O[C@@H]3[C@H](F)C(COP(=O)(S)O[C@H]2C1F)O[C@H]3N1C=C(c2ccccc2)C(O)NC1=O. The maximum atomic E-state index is 16.0. The lowest BCUT2D eigenvalue weighted by molar-refractivity contribution is -0.0733. The van der Waals surface area contributed by atoms with Crippen molar-refractivity contribution in [2.45, 2.75) is 55.4 Å². The summed E-state index contributed by atoms with van der Waals surface area (Å²) >= 11 is 3.93. The summed E-state index contributed by atoms with van der Waals surface area (Å²) in [6.45, 7) is -6.29. The first-order chi connectivity index (χ1) is 22.8. The molecule has 1 aromatic carbocycles. The van der Waals surface area contributed by atoms with Gasteiger partial charge in [-0.15, -0.1) is 0 Å². The van der Waals surface area contributed by atoms with E-state index in [0.717, 1.165) is 11.2 Å². The van der Waals surface area contributed by atoms with Crippen LogP contribution >= 0.6 is 26.9 Å². The van der Waals surface area contributed by atoms with E-state index in [4.69, 9.17) is 33.3 Å². The summed E-state index contributed by atoms with van der Waals surface area (Å²) in [6, 6.07) is 7.42. The zero-order valence-corrected chi connectivity index (χ0v) is 26.9. The molecule has 6 unspecified atom stereocenters. The second kappa shape index (κ2) is 12.7. The zero-order chi connectivity index (χ0) is 34.0. The summed E-state index contributed by atoms with van der Waals surface area (Å²) in [4.78, 5) is 36.5. The number of rotatable bonds is 3. The molecular weight excluding hydrogens is 706 g/mol. The fourth-order valence-electron chi connectivity index (χ4n) is 5.70. The fraction of sp³-hybridized carbons (Fsp3) is 0.440. The van der Waals surface area contributed by atoms with Gasteiger partial charge in [-0.25, -0.2) is 37.7 Å². The summed E-state index contributed by atoms with van der Waals surface area (Å²) in [5, 5.41) is 12.8. The lowest BCUT2D eigenvalue weighted by Crippen LogP contribution is -2.54. The number of nitrogen functional groups attached to an aromatic ring is 1. The van der Waals surface area contributed by atoms with Crippen LogP contribution in [0.25, 0.3) is 16.7 Å². The molecule has 0 aliphatic carbocycles. The molecule has 11 atom stereocenters. The Morgan fingerprint density at radius 1 is 0.979 bits per heavy atom. The van der Waals surface area contributed by atoms with Gasteiger partial charge in [0.15, 0.2) is 42.5 Å². The molecule has 2 amide bonds. The fourth-order valence-corrected chi connectivity index (χ4v) is 8.11. The number of urea groups is 1. The molecule has 5 N–H and O–H groups in total. The van der Waals surface area contributed by atoms with Crippen LogP contribution in [-0.2, 0) is 36.7 Å². The van der Waals surface area contributed by atoms with E-state index in [1.807, 2.05) is 0 Å². The molecule has 0 saturated carbocycles. The number of phosphoric ester groups is 1. The Hall–Kier alpha value is -3.07. The van der Waals surface area contributed by atoms with Crippen LogP contribution in [0.5, 0.6) is 0 Å². The molecule has 0 radical (unpaired) electrons. The average molecular weight is 734 g/mol. The number of hydrogen-bond donors (Lipinski definition) is 5. The van der Waals surface area contributed by atoms with E-state index in [1.165, 1.54) is 17.1 Å². The average Bonchev–Trinajstić information content (AvgIpc) is 3.70. The third kappa shape index (κ3) is 6.25. The number of imidazole rings is 1. The van der Waals surface area contributed by atoms with Gasteiger partial charge in [0.25, 0.3) is 0 Å². The van der Waals surface area contributed by atoms with Gasteiger partial charge in [-0.1, -0.05) is 42.6 Å². The number of nitrogens with zero attached hydrogens (tertiary/aromatic N) is 5. The number of ether oxygens (including phenoxy) is 2. The quantitative estimate of drug-likeness (QED) is 0.192. The van der Waals surface area contributed by atoms with E-state index in [9.17, 15) is 23.9 Å². The highest BCUT2D eigenvalue weighted by molar-refractivity contribution is 8.44. The minimum absolute atomic E-state index is 0.00670. The van der Waals surface area contributed by atoms with Crippen LogP contribution in [0.4, 0.5) is 19.4 Å². The summed E-state index contributed by atoms with van der Waals surface area (Å²) in [6.07, 6.45) is -12.6. The topological polar surface area (TPSA) is 232 Å². The lowest BCUT2D eigenvalue weighted by Gasteiger charge is -2.35. The number of thiol groups is 1. The molecule has 48 heavy (non-hydrogen) atoms. The number of nitrogens with two attached hydrogens (primary N) is 1. The van der Waals surface area contributed by atoms with Crippen molar-refractivity contribution in [2.24, 2.45) is 0 Å². The summed E-state index contributed by atoms with van der Waals surface area (Å²) < 4.78 is 92.2. The normalized spacial score (nSPS) is 39.2. The third-order valence-electron chi connectivity index (χ3n) is 7.95. The molecule has 18 nitrogen and oxygen atoms in total. The molecule has 2 bridgehead atoms. The largest absolute Gasteiger partial charge is 0.472 e. The van der Waals surface area contributed by atoms with Gasteiger partial charge in [-0.3, -0.25) is 27.6 Å². The molecule has 3 fully saturated rings. The molecule has 6 heterocycles. The van der Waals surface area contributed by atoms with E-state index < -0.39 is 89.3 Å². The molecule has 0 spiro atoms. The minimum atomic E-state index is -5.25. The van der Waals surface area contributed by atoms with Gasteiger partial charge in [0, 0.05) is 11.8 Å². The highest BCUT2D eigenvalue weighted by Gasteiger charge is 2.56. The number of halogens is 2. The number of alkyl halides is 2. The standard InChI is InChI=1S/C25H27F2N7O11P2S/c26-15-13-7-41-47(39,48)45-18-14(43-23(16(18)27)34-10-31-17-20(28)29-9-30-21(17)34)8-40-46(37,38)44-19(15)24(42-13)33-6-12(22(35)32-25(33)36)11-4-2-1-3-5-11/h1-6,9-10,13-16,18-19,22-24,35H,7-8H2,(H,32,36)(H,37,38)(H,39,48)(H2,28,29,30)/t13?,14?,15-,16?,18-,19-,22?,23-,24-,47?/m1/s1. The highest BCUT2D eigenvalue weighted by Crippen LogP contribution is 2.58. The molecule has 7 rings (SSSR count). The number of carbonyl (C=O) groups is 1. The van der Waals surface area contributed by atoms with Crippen LogP contribution < -0.4 is 11.1 Å². The van der Waals surface area contributed by atoms with Crippen molar-refractivity contribution in [1.82, 2.24) is 29.7 Å². The number of aliphatic hydroxyl groups excluding tert-OH is 1. The predicted octanol–water partition coefficient (Wildman–Crippen LogP) is 2.05. The van der Waals surface area contributed by atoms with E-state index in [2.05, 4.69) is 32.5 Å². The van der Waals surface area contributed by atoms with Gasteiger partial charge in [-0.2, -0.15) is 0 Å². The van der Waals surface area contributed by atoms with Gasteiger partial charge in [0.1, 0.15) is 36.3 Å². The third-order valence-corrected chi connectivity index (χ3v) is 10.6. The Kier molecular flexibility index (Phi) is 8.83. The molecule has 2 aromatic heterocycles. The van der Waals surface area contributed by atoms with Crippen molar-refractivity contribution >= 4 is 55.5 Å². The maximum Gasteiger partial charge on any atom is 0.472 e. The van der Waals surface area contributed by atoms with Crippen molar-refractivity contribution < 1.29 is 60.3 Å². The molecule has 4 aliphatic rings. The second-order valence-corrected chi connectivity index (χ2v) is 15.3. The second-order valence-electron chi connectivity index (χ2n) is 11.0. The van der Waals surface area contributed by atoms with Gasteiger partial charge in [0.2, 0.25) is 0 Å². The molecule has 3 saturated heterocycles. The molecule has 3 aromatic rings. The minimum Gasteiger partial charge on any atom is -0.382 e. The van der Waals surface area contributed by atoms with Crippen LogP contribution in [0.1, 0.15) is 11.8 Å². The summed E-state index contributed by atoms with van der Waals surface area (Å²) in [5.41, 5.74) is 6.71. The predicted molar refractivity (Wildman–Crippen MR) is 161 cm³/mol. The number of anilines is 1. The molecule has 4 aliphatic heterocycles. The summed E-state index contributed by atoms with van der Waals surface area (Å²) in [7, 11) is -5.25. The Bertz CT molecular complexity index is 1850. The van der Waals surface area contributed by atoms with Crippen molar-refractivity contribution in [3.05, 3.63) is 54.7 Å². The van der Waals surface area contributed by atoms with Gasteiger partial charge in [0.05, 0.1) is 19.5 Å². The molecular formula is C25H27F2N7O11P2S. The van der Waals surface area contributed by atoms with E-state index in [0.29, 0.717) is 5.56 Å². The number of nitrogens with one attached hydrogen (secondary N) is 1. The van der Waals surface area contributed by atoms with Crippen LogP contribution in [0.15, 0.2) is 49.2 Å². The number of hydrogen-bond acceptors (Lipinski definition) is 14. The van der Waals surface area contributed by atoms with Crippen LogP contribution in [0, 0.1) is 0 Å². The first-order valence-corrected chi connectivity index (χ1v) is 18.4. The number of phosphoric acid groups is 1. The highest BCUT2D eigenvalue weighted by atomic mass is 32.7. The summed E-state index contributed by atoms with van der Waals surface area (Å²) in [5.74, 6) is 0.00670. The van der Waals surface area contributed by atoms with Crippen molar-refractivity contribution in [1.29, 1.82) is 0 Å². The lowest BCUT2D eigenvalue weighted by atomic mass is 10.0. The van der Waals surface area contributed by atoms with Gasteiger partial charge < -0.3 is 30.5 Å². The molecule has 258 valence electrons. The van der Waals surface area contributed by atoms with Crippen LogP contribution in [0.3, 0.4) is 0 Å².